The number of benzene rings is 1. The van der Waals surface area contributed by atoms with Crippen LogP contribution in [0.3, 0.4) is 0 Å². The van der Waals surface area contributed by atoms with Crippen LogP contribution in [0, 0.1) is 0 Å². The van der Waals surface area contributed by atoms with E-state index in [-0.39, 0.29) is 0 Å². The van der Waals surface area contributed by atoms with Gasteiger partial charge in [-0.3, -0.25) is 4.79 Å². The molecule has 1 amide bonds. The van der Waals surface area contributed by atoms with Crippen LogP contribution in [0.4, 0.5) is 36.4 Å². The average Bonchev–Trinajstić information content (AvgIpc) is 2.46. The van der Waals surface area contributed by atoms with Crippen molar-refractivity contribution in [2.45, 2.75) is 18.0 Å². The molecule has 0 aliphatic rings. The smallest absolute Gasteiger partial charge is 0.378 e. The number of hydrogen-bond donors (Lipinski definition) is 1. The molecule has 0 saturated carbocycles. The van der Waals surface area contributed by atoms with Gasteiger partial charge in [-0.15, -0.1) is 0 Å². The summed E-state index contributed by atoms with van der Waals surface area (Å²) in [6.07, 6.45) is -5.77. The quantitative estimate of drug-likeness (QED) is 0.499. The van der Waals surface area contributed by atoms with Gasteiger partial charge in [0, 0.05) is 19.8 Å². The van der Waals surface area contributed by atoms with E-state index >= 15 is 0 Å². The van der Waals surface area contributed by atoms with Gasteiger partial charge in [0.25, 0.3) is 0 Å². The molecule has 0 aliphatic carbocycles. The summed E-state index contributed by atoms with van der Waals surface area (Å²) in [7, 11) is 3.51. The molecule has 0 unspecified atom stereocenters. The lowest BCUT2D eigenvalue weighted by atomic mass is 10.1. The molecule has 134 valence electrons. The van der Waals surface area contributed by atoms with Crippen molar-refractivity contribution in [3.05, 3.63) is 29.8 Å². The predicted molar refractivity (Wildman–Crippen MR) is 72.5 cm³/mol. The van der Waals surface area contributed by atoms with Gasteiger partial charge >= 0.3 is 23.9 Å². The highest BCUT2D eigenvalue weighted by Crippen LogP contribution is 2.46. The number of rotatable bonds is 5. The molecule has 0 heterocycles. The Kier molecular flexibility index (Phi) is 5.47. The van der Waals surface area contributed by atoms with Crippen molar-refractivity contribution < 1.29 is 35.5 Å². The van der Waals surface area contributed by atoms with E-state index in [1.165, 1.54) is 12.1 Å². The Balaban J connectivity index is 2.81. The Labute approximate surface area is 131 Å². The first kappa shape index (κ1) is 19.7. The number of carbonyl (C=O) groups is 1. The summed E-state index contributed by atoms with van der Waals surface area (Å²) < 4.78 is 87.0. The third-order valence-corrected chi connectivity index (χ3v) is 2.82. The van der Waals surface area contributed by atoms with Crippen LogP contribution in [-0.4, -0.2) is 44.2 Å². The first-order chi connectivity index (χ1) is 10.8. The fourth-order valence-corrected chi connectivity index (χ4v) is 1.41. The molecule has 1 N–H and O–H groups in total. The summed E-state index contributed by atoms with van der Waals surface area (Å²) in [5.41, 5.74) is 2.06. The van der Waals surface area contributed by atoms with Crippen molar-refractivity contribution in [1.82, 2.24) is 5.43 Å². The van der Waals surface area contributed by atoms with Gasteiger partial charge in [-0.05, 0) is 17.7 Å². The van der Waals surface area contributed by atoms with Gasteiger partial charge in [0.2, 0.25) is 0 Å². The van der Waals surface area contributed by atoms with Crippen molar-refractivity contribution in [1.29, 1.82) is 0 Å². The van der Waals surface area contributed by atoms with Crippen LogP contribution in [0.2, 0.25) is 0 Å². The number of anilines is 1. The molecule has 4 nitrogen and oxygen atoms in total. The first-order valence-electron chi connectivity index (χ1n) is 6.24. The topological polar surface area (TPSA) is 44.7 Å². The van der Waals surface area contributed by atoms with Crippen molar-refractivity contribution in [3.63, 3.8) is 0 Å². The molecule has 1 aromatic rings. The van der Waals surface area contributed by atoms with Crippen molar-refractivity contribution in [2.75, 3.05) is 19.0 Å². The summed E-state index contributed by atoms with van der Waals surface area (Å²) >= 11 is 0. The van der Waals surface area contributed by atoms with Crippen LogP contribution >= 0.6 is 0 Å². The number of carbonyl (C=O) groups excluding carboxylic acids is 1. The number of alkyl halides is 7. The lowest BCUT2D eigenvalue weighted by Crippen LogP contribution is -2.58. The molecule has 0 spiro atoms. The average molecular weight is 359 g/mol. The maximum atomic E-state index is 13.0. The van der Waals surface area contributed by atoms with Crippen LogP contribution in [-0.2, 0) is 4.79 Å². The van der Waals surface area contributed by atoms with Gasteiger partial charge in [-0.2, -0.15) is 35.8 Å². The second kappa shape index (κ2) is 6.65. The maximum Gasteiger partial charge on any atom is 0.460 e. The summed E-state index contributed by atoms with van der Waals surface area (Å²) in [5.74, 6) is -15.4. The monoisotopic (exact) mass is 359 g/mol. The van der Waals surface area contributed by atoms with E-state index in [1.807, 2.05) is 0 Å². The zero-order valence-electron chi connectivity index (χ0n) is 12.3. The van der Waals surface area contributed by atoms with Crippen LogP contribution in [0.15, 0.2) is 29.4 Å². The molecule has 0 aromatic heterocycles. The summed E-state index contributed by atoms with van der Waals surface area (Å²) in [6.45, 7) is 0. The summed E-state index contributed by atoms with van der Waals surface area (Å²) in [6, 6.07) is 6.14. The second-order valence-corrected chi connectivity index (χ2v) is 4.83. The van der Waals surface area contributed by atoms with Crippen LogP contribution in [0.25, 0.3) is 0 Å². The standard InChI is InChI=1S/C13H12F7N3O/c1-23(2)9-5-3-8(4-6-9)7-21-22-10(24)11(14,15)12(16,17)13(18,19)20/h3-7H,1-2H3,(H,22,24). The Morgan fingerprint density at radius 1 is 1.04 bits per heavy atom. The van der Waals surface area contributed by atoms with E-state index in [4.69, 9.17) is 0 Å². The molecule has 0 aliphatic heterocycles. The van der Waals surface area contributed by atoms with Gasteiger partial charge in [0.15, 0.2) is 0 Å². The second-order valence-electron chi connectivity index (χ2n) is 4.83. The van der Waals surface area contributed by atoms with E-state index in [2.05, 4.69) is 5.10 Å². The number of amides is 1. The molecule has 0 bridgehead atoms. The maximum absolute atomic E-state index is 13.0. The molecular formula is C13H12F7N3O. The van der Waals surface area contributed by atoms with Gasteiger partial charge in [0.05, 0.1) is 6.21 Å². The number of nitrogens with zero attached hydrogens (tertiary/aromatic N) is 2. The molecule has 0 fully saturated rings. The molecule has 24 heavy (non-hydrogen) atoms. The molecule has 0 radical (unpaired) electrons. The molecule has 11 heteroatoms. The Morgan fingerprint density at radius 2 is 1.54 bits per heavy atom. The van der Waals surface area contributed by atoms with Gasteiger partial charge in [-0.25, -0.2) is 5.43 Å². The fraction of sp³-hybridized carbons (Fsp3) is 0.385. The van der Waals surface area contributed by atoms with Gasteiger partial charge in [0.1, 0.15) is 0 Å². The molecular weight excluding hydrogens is 347 g/mol. The van der Waals surface area contributed by atoms with Crippen molar-refractivity contribution in [3.8, 4) is 0 Å². The van der Waals surface area contributed by atoms with Crippen LogP contribution < -0.4 is 10.3 Å². The Bertz CT molecular complexity index is 609. The highest BCUT2D eigenvalue weighted by Gasteiger charge is 2.76. The molecule has 0 saturated heterocycles. The minimum atomic E-state index is -6.58. The molecule has 0 atom stereocenters. The Hall–Kier alpha value is -2.33. The number of hydrogen-bond acceptors (Lipinski definition) is 3. The highest BCUT2D eigenvalue weighted by molar-refractivity contribution is 5.87. The van der Waals surface area contributed by atoms with Crippen molar-refractivity contribution in [2.24, 2.45) is 5.10 Å². The van der Waals surface area contributed by atoms with E-state index in [1.54, 1.807) is 31.1 Å². The van der Waals surface area contributed by atoms with Crippen molar-refractivity contribution >= 4 is 17.8 Å². The van der Waals surface area contributed by atoms with Gasteiger partial charge < -0.3 is 4.90 Å². The normalized spacial score (nSPS) is 13.2. The SMILES string of the molecule is CN(C)c1ccc(C=NNC(=O)C(F)(F)C(F)(F)C(F)(F)F)cc1. The zero-order valence-corrected chi connectivity index (χ0v) is 12.3. The minimum absolute atomic E-state index is 0.298. The lowest BCUT2D eigenvalue weighted by molar-refractivity contribution is -0.344. The Morgan fingerprint density at radius 3 is 1.96 bits per heavy atom. The summed E-state index contributed by atoms with van der Waals surface area (Å²) in [4.78, 5) is 12.7. The van der Waals surface area contributed by atoms with E-state index in [9.17, 15) is 35.5 Å². The van der Waals surface area contributed by atoms with Crippen LogP contribution in [0.5, 0.6) is 0 Å². The third-order valence-electron chi connectivity index (χ3n) is 2.82. The number of halogens is 7. The third kappa shape index (κ3) is 3.95. The summed E-state index contributed by atoms with van der Waals surface area (Å²) in [5, 5.41) is 2.96. The number of nitrogens with one attached hydrogen (secondary N) is 1. The largest absolute Gasteiger partial charge is 0.460 e. The minimum Gasteiger partial charge on any atom is -0.378 e. The van der Waals surface area contributed by atoms with E-state index in [0.717, 1.165) is 17.3 Å². The fourth-order valence-electron chi connectivity index (χ4n) is 1.41. The van der Waals surface area contributed by atoms with Crippen LogP contribution in [0.1, 0.15) is 5.56 Å². The first-order valence-corrected chi connectivity index (χ1v) is 6.24. The van der Waals surface area contributed by atoms with E-state index in [0.29, 0.717) is 5.56 Å². The zero-order chi connectivity index (χ0) is 18.8. The predicted octanol–water partition coefficient (Wildman–Crippen LogP) is 3.04. The molecule has 1 rings (SSSR count). The molecule has 1 aromatic carbocycles. The van der Waals surface area contributed by atoms with E-state index < -0.39 is 23.9 Å². The lowest BCUT2D eigenvalue weighted by Gasteiger charge is -2.26. The highest BCUT2D eigenvalue weighted by atomic mass is 19.4. The van der Waals surface area contributed by atoms with Gasteiger partial charge in [-0.1, -0.05) is 12.1 Å². The number of hydrazone groups is 1.